The summed E-state index contributed by atoms with van der Waals surface area (Å²) in [5, 5.41) is 2.43. The van der Waals surface area contributed by atoms with Gasteiger partial charge >= 0.3 is 0 Å². The average Bonchev–Trinajstić information content (AvgIpc) is 2.62. The van der Waals surface area contributed by atoms with Gasteiger partial charge in [-0.1, -0.05) is 72.8 Å². The van der Waals surface area contributed by atoms with Crippen molar-refractivity contribution in [2.24, 2.45) is 0 Å². The lowest BCUT2D eigenvalue weighted by Crippen LogP contribution is -1.92. The van der Waals surface area contributed by atoms with E-state index in [2.05, 4.69) is 47.4 Å². The predicted molar refractivity (Wildman–Crippen MR) is 90.4 cm³/mol. The zero-order chi connectivity index (χ0) is 14.8. The zero-order valence-electron chi connectivity index (χ0n) is 12.0. The van der Waals surface area contributed by atoms with Crippen molar-refractivity contribution in [1.82, 2.24) is 9.97 Å². The number of hydrogen-bond donors (Lipinski definition) is 0. The second-order valence-corrected chi connectivity index (χ2v) is 5.16. The van der Waals surface area contributed by atoms with Gasteiger partial charge in [0.2, 0.25) is 0 Å². The smallest absolute Gasteiger partial charge is 0.159 e. The fraction of sp³-hybridized carbons (Fsp3) is 0. The first-order valence-corrected chi connectivity index (χ1v) is 7.28. The van der Waals surface area contributed by atoms with Gasteiger partial charge in [0, 0.05) is 17.3 Å². The van der Waals surface area contributed by atoms with E-state index in [-0.39, 0.29) is 0 Å². The number of nitrogens with zero attached hydrogens (tertiary/aromatic N) is 2. The topological polar surface area (TPSA) is 25.8 Å². The molecule has 1 heterocycles. The molecule has 4 aromatic rings. The summed E-state index contributed by atoms with van der Waals surface area (Å²) in [5.41, 5.74) is 3.12. The first-order chi connectivity index (χ1) is 10.9. The molecule has 0 aliphatic carbocycles. The number of aromatic nitrogens is 2. The molecule has 0 aliphatic rings. The van der Waals surface area contributed by atoms with E-state index in [9.17, 15) is 0 Å². The fourth-order valence-electron chi connectivity index (χ4n) is 2.68. The van der Waals surface area contributed by atoms with Crippen molar-refractivity contribution in [3.8, 4) is 22.6 Å². The normalized spacial score (nSPS) is 10.7. The lowest BCUT2D eigenvalue weighted by Gasteiger charge is -2.07. The molecule has 0 spiro atoms. The van der Waals surface area contributed by atoms with Gasteiger partial charge < -0.3 is 0 Å². The Balaban J connectivity index is 1.89. The van der Waals surface area contributed by atoms with E-state index in [1.54, 1.807) is 0 Å². The molecular formula is C20H14N2. The average molecular weight is 282 g/mol. The van der Waals surface area contributed by atoms with Gasteiger partial charge in [-0.05, 0) is 16.8 Å². The highest BCUT2D eigenvalue weighted by molar-refractivity contribution is 5.95. The Morgan fingerprint density at radius 3 is 2.32 bits per heavy atom. The molecule has 104 valence electrons. The van der Waals surface area contributed by atoms with Crippen LogP contribution in [0.2, 0.25) is 0 Å². The molecule has 22 heavy (non-hydrogen) atoms. The molecule has 2 heteroatoms. The molecule has 0 unspecified atom stereocenters. The third-order valence-electron chi connectivity index (χ3n) is 3.75. The molecule has 1 aromatic heterocycles. The van der Waals surface area contributed by atoms with Crippen molar-refractivity contribution >= 4 is 10.8 Å². The lowest BCUT2D eigenvalue weighted by molar-refractivity contribution is 1.18. The van der Waals surface area contributed by atoms with E-state index in [0.717, 1.165) is 22.6 Å². The maximum absolute atomic E-state index is 4.75. The summed E-state index contributed by atoms with van der Waals surface area (Å²) in [7, 11) is 0. The Morgan fingerprint density at radius 1 is 0.636 bits per heavy atom. The van der Waals surface area contributed by atoms with Crippen LogP contribution in [-0.4, -0.2) is 9.97 Å². The molecular weight excluding hydrogens is 268 g/mol. The van der Waals surface area contributed by atoms with Crippen molar-refractivity contribution in [3.63, 3.8) is 0 Å². The van der Waals surface area contributed by atoms with Crippen LogP contribution in [-0.2, 0) is 0 Å². The van der Waals surface area contributed by atoms with Crippen LogP contribution < -0.4 is 0 Å². The Labute approximate surface area is 129 Å². The van der Waals surface area contributed by atoms with Gasteiger partial charge in [0.25, 0.3) is 0 Å². The summed E-state index contributed by atoms with van der Waals surface area (Å²) in [6.45, 7) is 0. The number of benzene rings is 3. The van der Waals surface area contributed by atoms with E-state index < -0.39 is 0 Å². The maximum atomic E-state index is 4.75. The summed E-state index contributed by atoms with van der Waals surface area (Å²) in [4.78, 5) is 9.16. The lowest BCUT2D eigenvalue weighted by atomic mass is 10.0. The molecule has 0 fully saturated rings. The second-order valence-electron chi connectivity index (χ2n) is 5.16. The quantitative estimate of drug-likeness (QED) is 0.519. The molecule has 2 nitrogen and oxygen atoms in total. The molecule has 0 atom stereocenters. The van der Waals surface area contributed by atoms with E-state index in [0.29, 0.717) is 0 Å². The van der Waals surface area contributed by atoms with Crippen molar-refractivity contribution in [3.05, 3.63) is 85.1 Å². The van der Waals surface area contributed by atoms with E-state index in [1.807, 2.05) is 42.6 Å². The van der Waals surface area contributed by atoms with Crippen LogP contribution in [0.5, 0.6) is 0 Å². The predicted octanol–water partition coefficient (Wildman–Crippen LogP) is 4.96. The summed E-state index contributed by atoms with van der Waals surface area (Å²) >= 11 is 0. The van der Waals surface area contributed by atoms with Crippen LogP contribution in [0.15, 0.2) is 85.1 Å². The summed E-state index contributed by atoms with van der Waals surface area (Å²) in [6, 6.07) is 26.7. The third-order valence-corrected chi connectivity index (χ3v) is 3.75. The van der Waals surface area contributed by atoms with E-state index >= 15 is 0 Å². The molecule has 0 bridgehead atoms. The minimum Gasteiger partial charge on any atom is -0.237 e. The number of hydrogen-bond acceptors (Lipinski definition) is 2. The fourth-order valence-corrected chi connectivity index (χ4v) is 2.68. The zero-order valence-corrected chi connectivity index (χ0v) is 12.0. The van der Waals surface area contributed by atoms with Gasteiger partial charge in [-0.15, -0.1) is 0 Å². The molecule has 4 rings (SSSR count). The van der Waals surface area contributed by atoms with Crippen LogP contribution in [0.3, 0.4) is 0 Å². The third kappa shape index (κ3) is 2.25. The van der Waals surface area contributed by atoms with Crippen LogP contribution in [0.25, 0.3) is 33.4 Å². The number of fused-ring (bicyclic) bond motifs is 1. The molecule has 0 N–H and O–H groups in total. The van der Waals surface area contributed by atoms with Crippen molar-refractivity contribution in [1.29, 1.82) is 0 Å². The van der Waals surface area contributed by atoms with Gasteiger partial charge in [0.1, 0.15) is 0 Å². The molecule has 0 aliphatic heterocycles. The van der Waals surface area contributed by atoms with Gasteiger partial charge in [0.05, 0.1) is 5.69 Å². The minimum absolute atomic E-state index is 0.756. The Morgan fingerprint density at radius 2 is 1.41 bits per heavy atom. The molecule has 0 radical (unpaired) electrons. The first kappa shape index (κ1) is 12.7. The van der Waals surface area contributed by atoms with Gasteiger partial charge in [-0.2, -0.15) is 0 Å². The summed E-state index contributed by atoms with van der Waals surface area (Å²) in [6.07, 6.45) is 1.83. The molecule has 3 aromatic carbocycles. The van der Waals surface area contributed by atoms with Crippen molar-refractivity contribution < 1.29 is 0 Å². The van der Waals surface area contributed by atoms with Crippen LogP contribution in [0.1, 0.15) is 0 Å². The van der Waals surface area contributed by atoms with E-state index in [4.69, 9.17) is 4.98 Å². The Bertz CT molecular complexity index is 925. The highest BCUT2D eigenvalue weighted by atomic mass is 14.9. The molecule has 0 amide bonds. The maximum Gasteiger partial charge on any atom is 0.159 e. The van der Waals surface area contributed by atoms with Gasteiger partial charge in [0.15, 0.2) is 5.82 Å². The van der Waals surface area contributed by atoms with Crippen molar-refractivity contribution in [2.75, 3.05) is 0 Å². The first-order valence-electron chi connectivity index (χ1n) is 7.28. The highest BCUT2D eigenvalue weighted by Gasteiger charge is 2.07. The molecule has 0 saturated carbocycles. The SMILES string of the molecule is c1ccc(-c2nccc(-c3cccc4ccccc34)n2)cc1. The monoisotopic (exact) mass is 282 g/mol. The van der Waals surface area contributed by atoms with Crippen LogP contribution in [0, 0.1) is 0 Å². The van der Waals surface area contributed by atoms with Gasteiger partial charge in [-0.25, -0.2) is 9.97 Å². The van der Waals surface area contributed by atoms with Crippen molar-refractivity contribution in [2.45, 2.75) is 0 Å². The van der Waals surface area contributed by atoms with Crippen LogP contribution >= 0.6 is 0 Å². The minimum atomic E-state index is 0.756. The highest BCUT2D eigenvalue weighted by Crippen LogP contribution is 2.28. The second kappa shape index (κ2) is 5.41. The largest absolute Gasteiger partial charge is 0.237 e. The Kier molecular flexibility index (Phi) is 3.13. The van der Waals surface area contributed by atoms with Crippen LogP contribution in [0.4, 0.5) is 0 Å². The van der Waals surface area contributed by atoms with E-state index in [1.165, 1.54) is 10.8 Å². The summed E-state index contributed by atoms with van der Waals surface area (Å²) in [5.74, 6) is 0.756. The Hall–Kier alpha value is -3.00. The summed E-state index contributed by atoms with van der Waals surface area (Å²) < 4.78 is 0. The standard InChI is InChI=1S/C20H14N2/c1-2-8-16(9-3-1)20-21-14-13-19(22-20)18-12-6-10-15-7-4-5-11-17(15)18/h1-14H. The van der Waals surface area contributed by atoms with Gasteiger partial charge in [-0.3, -0.25) is 0 Å². The molecule has 0 saturated heterocycles. The number of rotatable bonds is 2.